The Labute approximate surface area is 520 Å². The summed E-state index contributed by atoms with van der Waals surface area (Å²) in [6.45, 7) is 4.15. The molecule has 0 bridgehead atoms. The molecule has 0 amide bonds. The van der Waals surface area contributed by atoms with Crippen molar-refractivity contribution in [2.45, 2.75) is 328 Å². The van der Waals surface area contributed by atoms with Crippen LogP contribution in [-0.4, -0.2) is 70.0 Å². The lowest BCUT2D eigenvalue weighted by Crippen LogP contribution is -2.37. The zero-order valence-corrected chi connectivity index (χ0v) is 56.5. The molecule has 488 valence electrons. The minimum Gasteiger partial charge on any atom is -0.756 e. The number of rotatable bonds is 65. The number of ether oxygens (including phenoxy) is 2. The van der Waals surface area contributed by atoms with Crippen molar-refractivity contribution in [3.8, 4) is 0 Å². The van der Waals surface area contributed by atoms with E-state index in [9.17, 15) is 19.0 Å². The van der Waals surface area contributed by atoms with Crippen LogP contribution in [0.25, 0.3) is 0 Å². The third-order valence-electron chi connectivity index (χ3n) is 15.4. The van der Waals surface area contributed by atoms with Crippen molar-refractivity contribution < 1.29 is 42.1 Å². The number of phosphoric acid groups is 1. The Morgan fingerprint density at radius 1 is 0.381 bits per heavy atom. The second-order valence-electron chi connectivity index (χ2n) is 24.9. The van der Waals surface area contributed by atoms with E-state index < -0.39 is 26.5 Å². The first-order chi connectivity index (χ1) is 41.0. The number of nitrogens with zero attached hydrogens (tertiary/aromatic N) is 1. The van der Waals surface area contributed by atoms with Gasteiger partial charge in [-0.1, -0.05) is 304 Å². The van der Waals surface area contributed by atoms with Gasteiger partial charge in [0, 0.05) is 12.8 Å². The average molecular weight is 1200 g/mol. The second-order valence-corrected chi connectivity index (χ2v) is 26.3. The van der Waals surface area contributed by atoms with Gasteiger partial charge in [0.05, 0.1) is 27.7 Å². The normalized spacial score (nSPS) is 13.6. The topological polar surface area (TPSA) is 111 Å². The lowest BCUT2D eigenvalue weighted by atomic mass is 10.0. The molecular formula is C74H134NO8P. The number of hydrogen-bond acceptors (Lipinski definition) is 8. The molecule has 2 unspecified atom stereocenters. The van der Waals surface area contributed by atoms with Gasteiger partial charge < -0.3 is 27.9 Å². The molecular weight excluding hydrogens is 1060 g/mol. The van der Waals surface area contributed by atoms with Gasteiger partial charge in [0.15, 0.2) is 6.10 Å². The first-order valence-corrected chi connectivity index (χ1v) is 36.8. The summed E-state index contributed by atoms with van der Waals surface area (Å²) in [5.41, 5.74) is 0. The summed E-state index contributed by atoms with van der Waals surface area (Å²) in [6.07, 6.45) is 88.1. The molecule has 0 aromatic rings. The van der Waals surface area contributed by atoms with E-state index in [0.29, 0.717) is 17.4 Å². The predicted molar refractivity (Wildman–Crippen MR) is 360 cm³/mol. The van der Waals surface area contributed by atoms with Gasteiger partial charge in [-0.15, -0.1) is 0 Å². The fraction of sp³-hybridized carbons (Fsp3) is 0.784. The van der Waals surface area contributed by atoms with Crippen molar-refractivity contribution in [2.24, 2.45) is 0 Å². The van der Waals surface area contributed by atoms with E-state index in [1.165, 1.54) is 205 Å². The molecule has 0 saturated heterocycles. The van der Waals surface area contributed by atoms with E-state index in [0.717, 1.165) is 83.5 Å². The lowest BCUT2D eigenvalue weighted by Gasteiger charge is -2.28. The smallest absolute Gasteiger partial charge is 0.306 e. The van der Waals surface area contributed by atoms with Gasteiger partial charge in [-0.25, -0.2) is 0 Å². The van der Waals surface area contributed by atoms with E-state index in [1.54, 1.807) is 0 Å². The van der Waals surface area contributed by atoms with Crippen molar-refractivity contribution in [2.75, 3.05) is 47.5 Å². The monoisotopic (exact) mass is 1200 g/mol. The van der Waals surface area contributed by atoms with Crippen LogP contribution in [-0.2, 0) is 32.7 Å². The minimum atomic E-state index is -4.64. The Hall–Kier alpha value is -2.81. The highest BCUT2D eigenvalue weighted by Crippen LogP contribution is 2.38. The summed E-state index contributed by atoms with van der Waals surface area (Å²) >= 11 is 0. The zero-order valence-electron chi connectivity index (χ0n) is 55.6. The van der Waals surface area contributed by atoms with E-state index in [-0.39, 0.29) is 32.0 Å². The largest absolute Gasteiger partial charge is 0.756 e. The first kappa shape index (κ1) is 81.2. The SMILES string of the molecule is CC/C=C\C/C=C\C/C=C\C/C=C\CCCCCCCCCCCCC(=O)OC(COC(=O)CCCCCCCCCCCCCCCCCCCCCCCC/C=C\C/C=C\C/C=C\CCCCCCC)COP(=O)([O-])OCC[N+](C)(C)C. The maximum absolute atomic E-state index is 12.8. The number of allylic oxidation sites excluding steroid dienone is 14. The molecule has 0 aromatic heterocycles. The third kappa shape index (κ3) is 68.3. The molecule has 0 N–H and O–H groups in total. The van der Waals surface area contributed by atoms with Crippen molar-refractivity contribution in [1.29, 1.82) is 0 Å². The predicted octanol–water partition coefficient (Wildman–Crippen LogP) is 22.3. The van der Waals surface area contributed by atoms with Crippen LogP contribution in [0, 0.1) is 0 Å². The quantitative estimate of drug-likeness (QED) is 0.0195. The number of esters is 2. The summed E-state index contributed by atoms with van der Waals surface area (Å²) in [5.74, 6) is -0.828. The van der Waals surface area contributed by atoms with Gasteiger partial charge in [0.2, 0.25) is 0 Å². The van der Waals surface area contributed by atoms with Crippen LogP contribution >= 0.6 is 7.82 Å². The fourth-order valence-electron chi connectivity index (χ4n) is 10.0. The Bertz CT molecular complexity index is 1690. The highest BCUT2D eigenvalue weighted by molar-refractivity contribution is 7.45. The van der Waals surface area contributed by atoms with Crippen LogP contribution < -0.4 is 4.89 Å². The third-order valence-corrected chi connectivity index (χ3v) is 16.4. The van der Waals surface area contributed by atoms with Crippen molar-refractivity contribution in [3.05, 3.63) is 85.1 Å². The molecule has 0 radical (unpaired) electrons. The van der Waals surface area contributed by atoms with Gasteiger partial charge in [0.25, 0.3) is 7.82 Å². The summed E-state index contributed by atoms with van der Waals surface area (Å²) in [5, 5.41) is 0. The standard InChI is InChI=1S/C74H134NO8P/c1-6-8-10-12-14-16-18-20-22-24-26-28-30-31-32-33-34-35-36-37-38-39-40-41-42-43-45-46-48-50-52-54-56-58-60-62-64-66-73(76)80-70-72(71-82-84(78,79)81-69-68-75(3,4)5)83-74(77)67-65-63-61-59-57-55-53-51-49-47-44-29-27-25-23-21-19-17-15-13-11-9-7-2/h9,11,15,17-18,20-21,23-24,26-27,29-31,72H,6-8,10,12-14,16,19,22,25,28,32-71H2,1-5H3/b11-9-,17-15-,20-18-,23-21-,26-24-,29-27-,31-30-. The minimum absolute atomic E-state index is 0.0332. The Kier molecular flexibility index (Phi) is 62.5. The van der Waals surface area contributed by atoms with Gasteiger partial charge >= 0.3 is 11.9 Å². The van der Waals surface area contributed by atoms with E-state index in [2.05, 4.69) is 98.9 Å². The highest BCUT2D eigenvalue weighted by Gasteiger charge is 2.22. The summed E-state index contributed by atoms with van der Waals surface area (Å²) in [7, 11) is 1.17. The molecule has 10 heteroatoms. The molecule has 0 heterocycles. The molecule has 0 aliphatic rings. The molecule has 0 aliphatic heterocycles. The first-order valence-electron chi connectivity index (χ1n) is 35.3. The van der Waals surface area contributed by atoms with Crippen molar-refractivity contribution >= 4 is 19.8 Å². The summed E-state index contributed by atoms with van der Waals surface area (Å²) in [6, 6.07) is 0. The van der Waals surface area contributed by atoms with Crippen LogP contribution in [0.2, 0.25) is 0 Å². The molecule has 84 heavy (non-hydrogen) atoms. The molecule has 0 rings (SSSR count). The van der Waals surface area contributed by atoms with Gasteiger partial charge in [-0.2, -0.15) is 0 Å². The van der Waals surface area contributed by atoms with E-state index in [1.807, 2.05) is 21.1 Å². The highest BCUT2D eigenvalue weighted by atomic mass is 31.2. The van der Waals surface area contributed by atoms with Crippen molar-refractivity contribution in [1.82, 2.24) is 0 Å². The number of carbonyl (C=O) groups excluding carboxylic acids is 2. The summed E-state index contributed by atoms with van der Waals surface area (Å²) in [4.78, 5) is 38.0. The van der Waals surface area contributed by atoms with E-state index >= 15 is 0 Å². The number of carbonyl (C=O) groups is 2. The number of quaternary nitrogens is 1. The zero-order chi connectivity index (χ0) is 61.2. The van der Waals surface area contributed by atoms with Gasteiger partial charge in [0.1, 0.15) is 19.8 Å². The maximum Gasteiger partial charge on any atom is 0.306 e. The Morgan fingerprint density at radius 3 is 1.01 bits per heavy atom. The van der Waals surface area contributed by atoms with Crippen LogP contribution in [0.4, 0.5) is 0 Å². The number of phosphoric ester groups is 1. The Morgan fingerprint density at radius 2 is 0.679 bits per heavy atom. The maximum atomic E-state index is 12.8. The van der Waals surface area contributed by atoms with Crippen LogP contribution in [0.1, 0.15) is 322 Å². The lowest BCUT2D eigenvalue weighted by molar-refractivity contribution is -0.870. The molecule has 9 nitrogen and oxygen atoms in total. The summed E-state index contributed by atoms with van der Waals surface area (Å²) < 4.78 is 34.3. The molecule has 0 aromatic carbocycles. The van der Waals surface area contributed by atoms with Gasteiger partial charge in [-0.3, -0.25) is 14.2 Å². The molecule has 2 atom stereocenters. The molecule has 0 saturated carbocycles. The average Bonchev–Trinajstić information content (AvgIpc) is 3.61. The molecule has 0 aliphatic carbocycles. The molecule has 0 fully saturated rings. The fourth-order valence-corrected chi connectivity index (χ4v) is 10.7. The van der Waals surface area contributed by atoms with Gasteiger partial charge in [-0.05, 0) is 89.9 Å². The van der Waals surface area contributed by atoms with Crippen LogP contribution in [0.3, 0.4) is 0 Å². The molecule has 0 spiro atoms. The Balaban J connectivity index is 3.97. The number of likely N-dealkylation sites (N-methyl/N-ethyl adjacent to an activating group) is 1. The second kappa shape index (κ2) is 64.7. The number of hydrogen-bond donors (Lipinski definition) is 0. The van der Waals surface area contributed by atoms with Crippen molar-refractivity contribution in [3.63, 3.8) is 0 Å². The van der Waals surface area contributed by atoms with Crippen LogP contribution in [0.5, 0.6) is 0 Å². The van der Waals surface area contributed by atoms with E-state index in [4.69, 9.17) is 18.5 Å². The number of unbranched alkanes of at least 4 members (excludes halogenated alkanes) is 37. The van der Waals surface area contributed by atoms with Crippen LogP contribution in [0.15, 0.2) is 85.1 Å².